The summed E-state index contributed by atoms with van der Waals surface area (Å²) in [6.07, 6.45) is 0. The normalized spacial score (nSPS) is 21.1. The number of hydrogen-bond donors (Lipinski definition) is 1. The Balaban J connectivity index is 1.75. The Hall–Kier alpha value is -1.14. The highest BCUT2D eigenvalue weighted by molar-refractivity contribution is 5.79. The van der Waals surface area contributed by atoms with Gasteiger partial charge in [0.15, 0.2) is 0 Å². The minimum absolute atomic E-state index is 0.0970. The topological polar surface area (TPSA) is 55.9 Å². The second kappa shape index (κ2) is 5.67. The van der Waals surface area contributed by atoms with Crippen molar-refractivity contribution in [3.05, 3.63) is 0 Å². The fourth-order valence-electron chi connectivity index (χ4n) is 2.30. The third-order valence-corrected chi connectivity index (χ3v) is 3.85. The fourth-order valence-corrected chi connectivity index (χ4v) is 2.30. The average Bonchev–Trinajstić information content (AvgIpc) is 2.26. The van der Waals surface area contributed by atoms with Crippen LogP contribution in [0.25, 0.3) is 0 Å². The molecule has 0 aromatic heterocycles. The number of nitrogens with one attached hydrogen (secondary N) is 1. The lowest BCUT2D eigenvalue weighted by Gasteiger charge is -2.38. The van der Waals surface area contributed by atoms with Gasteiger partial charge in [-0.2, -0.15) is 0 Å². The molecule has 2 aliphatic rings. The van der Waals surface area contributed by atoms with Gasteiger partial charge in [-0.25, -0.2) is 0 Å². The molecular formula is C12H22N4O2. The molecule has 0 bridgehead atoms. The number of piperazine rings is 1. The Morgan fingerprint density at radius 2 is 1.72 bits per heavy atom. The van der Waals surface area contributed by atoms with Crippen molar-refractivity contribution in [3.8, 4) is 0 Å². The highest BCUT2D eigenvalue weighted by atomic mass is 16.2. The number of carbonyl (C=O) groups excluding carboxylic acids is 2. The Labute approximate surface area is 108 Å². The lowest BCUT2D eigenvalue weighted by atomic mass is 10.1. The van der Waals surface area contributed by atoms with E-state index in [9.17, 15) is 9.59 Å². The van der Waals surface area contributed by atoms with E-state index in [1.54, 1.807) is 11.8 Å². The van der Waals surface area contributed by atoms with Crippen molar-refractivity contribution in [2.45, 2.75) is 13.0 Å². The minimum Gasteiger partial charge on any atom is -0.339 e. The van der Waals surface area contributed by atoms with E-state index in [-0.39, 0.29) is 11.8 Å². The monoisotopic (exact) mass is 254 g/mol. The van der Waals surface area contributed by atoms with Gasteiger partial charge in [-0.1, -0.05) is 0 Å². The fraction of sp³-hybridized carbons (Fsp3) is 0.833. The SMILES string of the molecule is CC(=O)N1CCN(C(=O)CN(C)C2CNC2)CC1. The molecule has 0 spiro atoms. The van der Waals surface area contributed by atoms with Crippen LogP contribution in [-0.2, 0) is 9.59 Å². The Kier molecular flexibility index (Phi) is 4.19. The zero-order valence-electron chi connectivity index (χ0n) is 11.2. The molecule has 6 nitrogen and oxygen atoms in total. The van der Waals surface area contributed by atoms with Crippen LogP contribution in [0.2, 0.25) is 0 Å². The predicted octanol–water partition coefficient (Wildman–Crippen LogP) is -1.42. The second-order valence-corrected chi connectivity index (χ2v) is 5.11. The van der Waals surface area contributed by atoms with Crippen LogP contribution in [-0.4, -0.2) is 85.4 Å². The van der Waals surface area contributed by atoms with Gasteiger partial charge in [0, 0.05) is 52.2 Å². The van der Waals surface area contributed by atoms with Crippen molar-refractivity contribution < 1.29 is 9.59 Å². The van der Waals surface area contributed by atoms with Crippen LogP contribution in [0.4, 0.5) is 0 Å². The van der Waals surface area contributed by atoms with Crippen LogP contribution in [0.3, 0.4) is 0 Å². The standard InChI is InChI=1S/C12H22N4O2/c1-10(17)15-3-5-16(6-4-15)12(18)9-14(2)11-7-13-8-11/h11,13H,3-9H2,1-2H3. The number of rotatable bonds is 3. The van der Waals surface area contributed by atoms with Crippen LogP contribution in [0.15, 0.2) is 0 Å². The third kappa shape index (κ3) is 3.00. The van der Waals surface area contributed by atoms with E-state index < -0.39 is 0 Å². The van der Waals surface area contributed by atoms with Crippen LogP contribution < -0.4 is 5.32 Å². The largest absolute Gasteiger partial charge is 0.339 e. The van der Waals surface area contributed by atoms with Crippen molar-refractivity contribution in [2.75, 3.05) is 52.9 Å². The molecule has 2 aliphatic heterocycles. The smallest absolute Gasteiger partial charge is 0.236 e. The number of hydrogen-bond acceptors (Lipinski definition) is 4. The van der Waals surface area contributed by atoms with Crippen molar-refractivity contribution in [3.63, 3.8) is 0 Å². The number of likely N-dealkylation sites (N-methyl/N-ethyl adjacent to an activating group) is 1. The third-order valence-electron chi connectivity index (χ3n) is 3.85. The second-order valence-electron chi connectivity index (χ2n) is 5.11. The van der Waals surface area contributed by atoms with Gasteiger partial charge in [0.05, 0.1) is 6.54 Å². The molecule has 2 heterocycles. The maximum atomic E-state index is 12.1. The summed E-state index contributed by atoms with van der Waals surface area (Å²) in [5, 5.41) is 3.20. The summed E-state index contributed by atoms with van der Waals surface area (Å²) in [5.41, 5.74) is 0. The van der Waals surface area contributed by atoms with Crippen LogP contribution in [0, 0.1) is 0 Å². The maximum absolute atomic E-state index is 12.1. The summed E-state index contributed by atoms with van der Waals surface area (Å²) in [4.78, 5) is 29.1. The molecule has 18 heavy (non-hydrogen) atoms. The lowest BCUT2D eigenvalue weighted by Crippen LogP contribution is -2.58. The number of amides is 2. The van der Waals surface area contributed by atoms with Crippen molar-refractivity contribution in [1.29, 1.82) is 0 Å². The van der Waals surface area contributed by atoms with Gasteiger partial charge >= 0.3 is 0 Å². The minimum atomic E-state index is 0.0970. The summed E-state index contributed by atoms with van der Waals surface area (Å²) in [7, 11) is 2.00. The van der Waals surface area contributed by atoms with Crippen molar-refractivity contribution in [2.24, 2.45) is 0 Å². The summed E-state index contributed by atoms with van der Waals surface area (Å²) >= 11 is 0. The molecule has 102 valence electrons. The van der Waals surface area contributed by atoms with E-state index in [0.29, 0.717) is 38.8 Å². The first-order valence-electron chi connectivity index (χ1n) is 6.52. The summed E-state index contributed by atoms with van der Waals surface area (Å²) in [6, 6.07) is 0.493. The van der Waals surface area contributed by atoms with E-state index >= 15 is 0 Å². The Bertz CT molecular complexity index is 322. The van der Waals surface area contributed by atoms with E-state index in [4.69, 9.17) is 0 Å². The molecule has 6 heteroatoms. The molecule has 0 saturated carbocycles. The molecule has 0 atom stereocenters. The van der Waals surface area contributed by atoms with Gasteiger partial charge in [-0.05, 0) is 7.05 Å². The van der Waals surface area contributed by atoms with E-state index in [1.807, 2.05) is 11.9 Å². The van der Waals surface area contributed by atoms with Gasteiger partial charge in [-0.3, -0.25) is 14.5 Å². The van der Waals surface area contributed by atoms with Gasteiger partial charge in [0.2, 0.25) is 11.8 Å². The van der Waals surface area contributed by atoms with Crippen LogP contribution in [0.1, 0.15) is 6.92 Å². The predicted molar refractivity (Wildman–Crippen MR) is 68.1 cm³/mol. The van der Waals surface area contributed by atoms with Gasteiger partial charge in [0.25, 0.3) is 0 Å². The number of carbonyl (C=O) groups is 2. The average molecular weight is 254 g/mol. The highest BCUT2D eigenvalue weighted by Gasteiger charge is 2.27. The van der Waals surface area contributed by atoms with Gasteiger partial charge < -0.3 is 15.1 Å². The zero-order valence-corrected chi connectivity index (χ0v) is 11.2. The van der Waals surface area contributed by atoms with Crippen LogP contribution in [0.5, 0.6) is 0 Å². The Morgan fingerprint density at radius 3 is 2.17 bits per heavy atom. The zero-order chi connectivity index (χ0) is 13.1. The van der Waals surface area contributed by atoms with Crippen LogP contribution >= 0.6 is 0 Å². The van der Waals surface area contributed by atoms with E-state index in [2.05, 4.69) is 10.2 Å². The van der Waals surface area contributed by atoms with E-state index in [0.717, 1.165) is 13.1 Å². The van der Waals surface area contributed by atoms with Crippen molar-refractivity contribution >= 4 is 11.8 Å². The molecule has 2 amide bonds. The highest BCUT2D eigenvalue weighted by Crippen LogP contribution is 2.06. The Morgan fingerprint density at radius 1 is 1.17 bits per heavy atom. The first-order chi connectivity index (χ1) is 8.58. The molecule has 2 fully saturated rings. The summed E-state index contributed by atoms with van der Waals surface area (Å²) in [5.74, 6) is 0.271. The van der Waals surface area contributed by atoms with Gasteiger partial charge in [-0.15, -0.1) is 0 Å². The first kappa shape index (κ1) is 13.3. The summed E-state index contributed by atoms with van der Waals surface area (Å²) < 4.78 is 0. The first-order valence-corrected chi connectivity index (χ1v) is 6.52. The summed E-state index contributed by atoms with van der Waals surface area (Å²) in [6.45, 7) is 6.65. The molecule has 2 saturated heterocycles. The van der Waals surface area contributed by atoms with Crippen molar-refractivity contribution in [1.82, 2.24) is 20.0 Å². The molecule has 1 N–H and O–H groups in total. The van der Waals surface area contributed by atoms with Gasteiger partial charge in [0.1, 0.15) is 0 Å². The molecule has 2 rings (SSSR count). The lowest BCUT2D eigenvalue weighted by molar-refractivity contribution is -0.139. The molecular weight excluding hydrogens is 232 g/mol. The maximum Gasteiger partial charge on any atom is 0.236 e. The molecule has 0 unspecified atom stereocenters. The molecule has 0 aliphatic carbocycles. The quantitative estimate of drug-likeness (QED) is 0.672. The van der Waals surface area contributed by atoms with E-state index in [1.165, 1.54) is 0 Å². The molecule has 0 radical (unpaired) electrons. The molecule has 0 aromatic carbocycles. The number of nitrogens with zero attached hydrogens (tertiary/aromatic N) is 3. The molecule has 0 aromatic rings.